The fraction of sp³-hybridized carbons (Fsp3) is 0.480. The number of sulfonamides is 1. The van der Waals surface area contributed by atoms with Crippen LogP contribution in [-0.4, -0.2) is 33.7 Å². The van der Waals surface area contributed by atoms with E-state index in [1.807, 2.05) is 19.9 Å². The van der Waals surface area contributed by atoms with Crippen molar-refractivity contribution in [1.82, 2.24) is 5.32 Å². The van der Waals surface area contributed by atoms with Crippen LogP contribution in [0.25, 0.3) is 0 Å². The number of benzene rings is 2. The van der Waals surface area contributed by atoms with E-state index in [9.17, 15) is 13.2 Å². The Bertz CT molecular complexity index is 1120. The quantitative estimate of drug-likeness (QED) is 0.498. The van der Waals surface area contributed by atoms with Gasteiger partial charge in [0.15, 0.2) is 0 Å². The molecule has 1 N–H and O–H groups in total. The highest BCUT2D eigenvalue weighted by Gasteiger charge is 2.33. The van der Waals surface area contributed by atoms with Crippen molar-refractivity contribution in [3.8, 4) is 5.75 Å². The minimum atomic E-state index is -3.75. The van der Waals surface area contributed by atoms with Crippen molar-refractivity contribution in [2.75, 3.05) is 17.7 Å². The van der Waals surface area contributed by atoms with E-state index in [4.69, 9.17) is 16.3 Å². The van der Waals surface area contributed by atoms with Crippen molar-refractivity contribution in [1.29, 1.82) is 0 Å². The summed E-state index contributed by atoms with van der Waals surface area (Å²) in [6.07, 6.45) is 1.41. The summed E-state index contributed by atoms with van der Waals surface area (Å²) >= 11 is 6.15. The van der Waals surface area contributed by atoms with Crippen LogP contribution in [-0.2, 0) is 14.8 Å². The number of ether oxygens (including phenoxy) is 1. The van der Waals surface area contributed by atoms with E-state index in [0.717, 1.165) is 34.3 Å². The van der Waals surface area contributed by atoms with E-state index < -0.39 is 16.1 Å². The number of hydrogen-bond donors (Lipinski definition) is 1. The third-order valence-electron chi connectivity index (χ3n) is 5.80. The van der Waals surface area contributed by atoms with Crippen LogP contribution < -0.4 is 14.4 Å². The van der Waals surface area contributed by atoms with Gasteiger partial charge in [0.05, 0.1) is 25.1 Å². The fourth-order valence-electron chi connectivity index (χ4n) is 4.05. The molecule has 2 aromatic carbocycles. The summed E-state index contributed by atoms with van der Waals surface area (Å²) in [4.78, 5) is 13.4. The first-order chi connectivity index (χ1) is 15.3. The van der Waals surface area contributed by atoms with Gasteiger partial charge in [-0.05, 0) is 79.6 Å². The van der Waals surface area contributed by atoms with Crippen LogP contribution >= 0.6 is 11.6 Å². The minimum absolute atomic E-state index is 0.247. The van der Waals surface area contributed by atoms with Gasteiger partial charge in [-0.2, -0.15) is 0 Å². The SMILES string of the molecule is CC[C@@H](C(=O)N[C@H](C)c1cc(C(C)C)c(OC)cc1C)N(c1cc(Cl)ccc1C)S(C)(=O)=O. The van der Waals surface area contributed by atoms with Crippen molar-refractivity contribution in [3.05, 3.63) is 57.6 Å². The molecule has 0 radical (unpaired) electrons. The molecule has 2 aromatic rings. The van der Waals surface area contributed by atoms with Gasteiger partial charge in [-0.3, -0.25) is 9.10 Å². The lowest BCUT2D eigenvalue weighted by Crippen LogP contribution is -2.50. The first-order valence-corrected chi connectivity index (χ1v) is 13.3. The summed E-state index contributed by atoms with van der Waals surface area (Å²) in [6.45, 7) is 11.6. The molecule has 6 nitrogen and oxygen atoms in total. The zero-order chi connectivity index (χ0) is 25.1. The summed E-state index contributed by atoms with van der Waals surface area (Å²) in [5.41, 5.74) is 4.13. The maximum Gasteiger partial charge on any atom is 0.244 e. The van der Waals surface area contributed by atoms with Gasteiger partial charge < -0.3 is 10.1 Å². The minimum Gasteiger partial charge on any atom is -0.496 e. The molecule has 1 amide bonds. The first-order valence-electron chi connectivity index (χ1n) is 11.1. The topological polar surface area (TPSA) is 75.7 Å². The molecule has 0 saturated carbocycles. The summed E-state index contributed by atoms with van der Waals surface area (Å²) < 4.78 is 32.3. The zero-order valence-electron chi connectivity index (χ0n) is 20.7. The Balaban J connectivity index is 2.44. The van der Waals surface area contributed by atoms with E-state index in [1.54, 1.807) is 39.2 Å². The molecule has 0 spiro atoms. The normalized spacial score (nSPS) is 13.5. The Morgan fingerprint density at radius 3 is 2.24 bits per heavy atom. The number of nitrogens with one attached hydrogen (secondary N) is 1. The molecule has 2 atom stereocenters. The number of aryl methyl sites for hydroxylation is 2. The summed E-state index contributed by atoms with van der Waals surface area (Å²) in [6, 6.07) is 7.82. The number of carbonyl (C=O) groups is 1. The number of carbonyl (C=O) groups excluding carboxylic acids is 1. The molecule has 0 unspecified atom stereocenters. The van der Waals surface area contributed by atoms with E-state index >= 15 is 0 Å². The van der Waals surface area contributed by atoms with Crippen molar-refractivity contribution in [3.63, 3.8) is 0 Å². The largest absolute Gasteiger partial charge is 0.496 e. The number of halogens is 1. The summed E-state index contributed by atoms with van der Waals surface area (Å²) in [5, 5.41) is 3.43. The Morgan fingerprint density at radius 1 is 1.09 bits per heavy atom. The van der Waals surface area contributed by atoms with E-state index in [-0.39, 0.29) is 17.9 Å². The molecule has 0 aliphatic carbocycles. The Kier molecular flexibility index (Phi) is 8.82. The second-order valence-corrected chi connectivity index (χ2v) is 11.0. The second-order valence-electron chi connectivity index (χ2n) is 8.75. The number of nitrogens with zero attached hydrogens (tertiary/aromatic N) is 1. The number of hydrogen-bond acceptors (Lipinski definition) is 4. The fourth-order valence-corrected chi connectivity index (χ4v) is 5.48. The highest BCUT2D eigenvalue weighted by Crippen LogP contribution is 2.33. The summed E-state index contributed by atoms with van der Waals surface area (Å²) in [7, 11) is -2.10. The highest BCUT2D eigenvalue weighted by atomic mass is 35.5. The molecule has 0 aromatic heterocycles. The van der Waals surface area contributed by atoms with Crippen LogP contribution in [0, 0.1) is 13.8 Å². The van der Waals surface area contributed by atoms with Gasteiger partial charge in [-0.25, -0.2) is 8.42 Å². The molecule has 2 rings (SSSR count). The molecule has 33 heavy (non-hydrogen) atoms. The van der Waals surface area contributed by atoms with Gasteiger partial charge in [0.2, 0.25) is 15.9 Å². The number of amides is 1. The molecule has 0 aliphatic heterocycles. The maximum absolute atomic E-state index is 13.4. The van der Waals surface area contributed by atoms with E-state index in [2.05, 4.69) is 25.2 Å². The van der Waals surface area contributed by atoms with Gasteiger partial charge >= 0.3 is 0 Å². The van der Waals surface area contributed by atoms with Gasteiger partial charge in [0.25, 0.3) is 0 Å². The Hall–Kier alpha value is -2.25. The lowest BCUT2D eigenvalue weighted by molar-refractivity contribution is -0.122. The molecule has 0 aliphatic rings. The third-order valence-corrected chi connectivity index (χ3v) is 7.20. The second kappa shape index (κ2) is 10.8. The number of rotatable bonds is 9. The molecule has 182 valence electrons. The molecule has 0 saturated heterocycles. The third kappa shape index (κ3) is 6.21. The lowest BCUT2D eigenvalue weighted by atomic mass is 9.93. The number of methoxy groups -OCH3 is 1. The van der Waals surface area contributed by atoms with Crippen LogP contribution in [0.15, 0.2) is 30.3 Å². The van der Waals surface area contributed by atoms with Gasteiger partial charge in [-0.15, -0.1) is 0 Å². The molecular weight excluding hydrogens is 460 g/mol. The van der Waals surface area contributed by atoms with Crippen molar-refractivity contribution in [2.45, 2.75) is 66.0 Å². The van der Waals surface area contributed by atoms with Gasteiger partial charge in [0, 0.05) is 5.02 Å². The number of anilines is 1. The Labute approximate surface area is 203 Å². The van der Waals surface area contributed by atoms with Crippen LogP contribution in [0.2, 0.25) is 5.02 Å². The molecule has 0 fully saturated rings. The standard InChI is InChI=1S/C25H35ClN2O4S/c1-9-22(28(33(8,30)31)23-13-19(26)11-10-16(23)4)25(29)27-18(6)21-14-20(15(2)3)24(32-7)12-17(21)5/h10-15,18,22H,9H2,1-8H3,(H,27,29)/t18-,22+/m1/s1. The van der Waals surface area contributed by atoms with Crippen LogP contribution in [0.5, 0.6) is 5.75 Å². The molecule has 0 bridgehead atoms. The maximum atomic E-state index is 13.4. The monoisotopic (exact) mass is 494 g/mol. The van der Waals surface area contributed by atoms with E-state index in [1.165, 1.54) is 4.31 Å². The lowest BCUT2D eigenvalue weighted by Gasteiger charge is -2.32. The van der Waals surface area contributed by atoms with Crippen LogP contribution in [0.3, 0.4) is 0 Å². The first kappa shape index (κ1) is 27.0. The van der Waals surface area contributed by atoms with E-state index in [0.29, 0.717) is 17.1 Å². The van der Waals surface area contributed by atoms with Crippen LogP contribution in [0.1, 0.15) is 68.3 Å². The molecular formula is C25H35ClN2O4S. The highest BCUT2D eigenvalue weighted by molar-refractivity contribution is 7.92. The predicted octanol–water partition coefficient (Wildman–Crippen LogP) is 5.51. The van der Waals surface area contributed by atoms with Crippen molar-refractivity contribution < 1.29 is 17.9 Å². The average Bonchev–Trinajstić information content (AvgIpc) is 2.72. The van der Waals surface area contributed by atoms with Crippen molar-refractivity contribution >= 4 is 33.2 Å². The summed E-state index contributed by atoms with van der Waals surface area (Å²) in [5.74, 6) is 0.698. The van der Waals surface area contributed by atoms with Crippen molar-refractivity contribution in [2.24, 2.45) is 0 Å². The van der Waals surface area contributed by atoms with Gasteiger partial charge in [-0.1, -0.05) is 38.4 Å². The molecule has 0 heterocycles. The van der Waals surface area contributed by atoms with Gasteiger partial charge in [0.1, 0.15) is 11.8 Å². The molecule has 8 heteroatoms. The predicted molar refractivity (Wildman–Crippen MR) is 136 cm³/mol. The Morgan fingerprint density at radius 2 is 1.73 bits per heavy atom. The van der Waals surface area contributed by atoms with Crippen LogP contribution in [0.4, 0.5) is 5.69 Å². The zero-order valence-corrected chi connectivity index (χ0v) is 22.3. The smallest absolute Gasteiger partial charge is 0.244 e. The average molecular weight is 495 g/mol.